The minimum absolute atomic E-state index is 0.0154. The highest BCUT2D eigenvalue weighted by Crippen LogP contribution is 2.42. The third kappa shape index (κ3) is 3.22. The Morgan fingerprint density at radius 3 is 2.64 bits per heavy atom. The van der Waals surface area contributed by atoms with Gasteiger partial charge in [-0.05, 0) is 35.4 Å². The first kappa shape index (κ1) is 17.0. The second-order valence-corrected chi connectivity index (χ2v) is 7.64. The van der Waals surface area contributed by atoms with Crippen molar-refractivity contribution in [1.82, 2.24) is 4.90 Å². The van der Waals surface area contributed by atoms with Crippen LogP contribution in [0.3, 0.4) is 0 Å². The predicted octanol–water partition coefficient (Wildman–Crippen LogP) is 3.89. The minimum atomic E-state index is -0.300. The summed E-state index contributed by atoms with van der Waals surface area (Å²) in [5.74, 6) is -0.102. The van der Waals surface area contributed by atoms with Crippen molar-refractivity contribution in [2.45, 2.75) is 12.0 Å². The first-order chi connectivity index (χ1) is 12.1. The lowest BCUT2D eigenvalue weighted by molar-refractivity contribution is -0.124. The summed E-state index contributed by atoms with van der Waals surface area (Å²) >= 11 is 10.1. The first-order valence-corrected chi connectivity index (χ1v) is 9.49. The van der Waals surface area contributed by atoms with Crippen molar-refractivity contribution in [3.8, 4) is 0 Å². The van der Waals surface area contributed by atoms with E-state index >= 15 is 0 Å². The predicted molar refractivity (Wildman–Crippen MR) is 102 cm³/mol. The quantitative estimate of drug-likeness (QED) is 0.800. The van der Waals surface area contributed by atoms with Gasteiger partial charge in [0.1, 0.15) is 6.04 Å². The molecule has 130 valence electrons. The van der Waals surface area contributed by atoms with Crippen LogP contribution in [0.15, 0.2) is 46.9 Å². The molecule has 0 aliphatic carbocycles. The molecule has 4 nitrogen and oxygen atoms in total. The number of hydrogen-bond acceptors (Lipinski definition) is 3. The number of hydrogen-bond donors (Lipinski definition) is 1. The molecule has 2 aromatic rings. The fourth-order valence-corrected chi connectivity index (χ4v) is 4.36. The number of ether oxygens (including phenoxy) is 1. The van der Waals surface area contributed by atoms with E-state index in [1.807, 2.05) is 36.4 Å². The van der Waals surface area contributed by atoms with Crippen LogP contribution >= 0.6 is 27.5 Å². The van der Waals surface area contributed by atoms with E-state index in [9.17, 15) is 4.79 Å². The highest BCUT2D eigenvalue weighted by molar-refractivity contribution is 9.10. The van der Waals surface area contributed by atoms with Crippen molar-refractivity contribution >= 4 is 39.1 Å². The van der Waals surface area contributed by atoms with Crippen molar-refractivity contribution in [3.63, 3.8) is 0 Å². The van der Waals surface area contributed by atoms with Gasteiger partial charge >= 0.3 is 0 Å². The Kier molecular flexibility index (Phi) is 4.82. The van der Waals surface area contributed by atoms with Crippen molar-refractivity contribution in [2.75, 3.05) is 31.6 Å². The number of morpholine rings is 1. The molecule has 2 heterocycles. The molecule has 1 saturated heterocycles. The lowest BCUT2D eigenvalue weighted by atomic mass is 9.80. The molecule has 1 fully saturated rings. The van der Waals surface area contributed by atoms with Crippen LogP contribution in [0.5, 0.6) is 0 Å². The van der Waals surface area contributed by atoms with E-state index in [1.54, 1.807) is 0 Å². The summed E-state index contributed by atoms with van der Waals surface area (Å²) in [6, 6.07) is 13.5. The van der Waals surface area contributed by atoms with Crippen molar-refractivity contribution in [3.05, 3.63) is 63.1 Å². The fourth-order valence-electron chi connectivity index (χ4n) is 3.73. The Morgan fingerprint density at radius 1 is 1.12 bits per heavy atom. The summed E-state index contributed by atoms with van der Waals surface area (Å²) in [6.07, 6.45) is 0. The van der Waals surface area contributed by atoms with Gasteiger partial charge in [-0.25, -0.2) is 0 Å². The first-order valence-electron chi connectivity index (χ1n) is 8.31. The maximum Gasteiger partial charge on any atom is 0.242 e. The molecule has 0 radical (unpaired) electrons. The van der Waals surface area contributed by atoms with Gasteiger partial charge in [-0.2, -0.15) is 0 Å². The normalized spacial score (nSPS) is 23.8. The maximum absolute atomic E-state index is 13.0. The van der Waals surface area contributed by atoms with Crippen molar-refractivity contribution in [2.24, 2.45) is 0 Å². The molecule has 6 heteroatoms. The summed E-state index contributed by atoms with van der Waals surface area (Å²) in [5, 5.41) is 3.75. The summed E-state index contributed by atoms with van der Waals surface area (Å²) in [7, 11) is 0. The van der Waals surface area contributed by atoms with Gasteiger partial charge in [0.15, 0.2) is 0 Å². The number of fused-ring (bicyclic) bond motifs is 1. The van der Waals surface area contributed by atoms with Gasteiger partial charge in [0.25, 0.3) is 0 Å². The third-order valence-corrected chi connectivity index (χ3v) is 5.71. The van der Waals surface area contributed by atoms with Crippen LogP contribution in [-0.4, -0.2) is 43.2 Å². The van der Waals surface area contributed by atoms with E-state index in [4.69, 9.17) is 16.3 Å². The lowest BCUT2D eigenvalue weighted by Gasteiger charge is -2.41. The van der Waals surface area contributed by atoms with E-state index < -0.39 is 0 Å². The number of benzene rings is 2. The van der Waals surface area contributed by atoms with Crippen LogP contribution in [0.4, 0.5) is 5.69 Å². The minimum Gasteiger partial charge on any atom is -0.379 e. The molecule has 0 saturated carbocycles. The van der Waals surface area contributed by atoms with Crippen LogP contribution < -0.4 is 5.32 Å². The average molecular weight is 422 g/mol. The maximum atomic E-state index is 13.0. The zero-order chi connectivity index (χ0) is 17.4. The molecule has 0 aromatic heterocycles. The Morgan fingerprint density at radius 2 is 1.88 bits per heavy atom. The molecular weight excluding hydrogens is 404 g/mol. The molecule has 0 unspecified atom stereocenters. The third-order valence-electron chi connectivity index (χ3n) is 4.87. The van der Waals surface area contributed by atoms with Crippen molar-refractivity contribution in [1.29, 1.82) is 0 Å². The van der Waals surface area contributed by atoms with Crippen LogP contribution in [0, 0.1) is 0 Å². The second kappa shape index (κ2) is 7.08. The summed E-state index contributed by atoms with van der Waals surface area (Å²) < 4.78 is 6.46. The zero-order valence-electron chi connectivity index (χ0n) is 13.5. The van der Waals surface area contributed by atoms with E-state index in [0.29, 0.717) is 18.2 Å². The molecule has 2 atom stereocenters. The summed E-state index contributed by atoms with van der Waals surface area (Å²) in [6.45, 7) is 2.76. The SMILES string of the molecule is O=C1Nc2ccc(Br)cc2[C@H](c2ccccc2Cl)[C@@H]1N1CCOCC1. The van der Waals surface area contributed by atoms with Gasteiger partial charge < -0.3 is 10.1 Å². The number of halogens is 2. The monoisotopic (exact) mass is 420 g/mol. The summed E-state index contributed by atoms with van der Waals surface area (Å²) in [5.41, 5.74) is 2.91. The molecule has 4 rings (SSSR count). The number of carbonyl (C=O) groups is 1. The van der Waals surface area contributed by atoms with E-state index in [2.05, 4.69) is 32.2 Å². The largest absolute Gasteiger partial charge is 0.379 e. The lowest BCUT2D eigenvalue weighted by Crippen LogP contribution is -2.54. The van der Waals surface area contributed by atoms with Crippen LogP contribution in [-0.2, 0) is 9.53 Å². The smallest absolute Gasteiger partial charge is 0.242 e. The average Bonchev–Trinajstić information content (AvgIpc) is 2.62. The van der Waals surface area contributed by atoms with Crippen LogP contribution in [0.25, 0.3) is 0 Å². The topological polar surface area (TPSA) is 41.6 Å². The Hall–Kier alpha value is -1.40. The number of carbonyl (C=O) groups excluding carboxylic acids is 1. The van der Waals surface area contributed by atoms with E-state index in [1.165, 1.54) is 0 Å². The molecule has 2 aliphatic rings. The number of nitrogens with zero attached hydrogens (tertiary/aromatic N) is 1. The molecule has 1 amide bonds. The van der Waals surface area contributed by atoms with Crippen molar-refractivity contribution < 1.29 is 9.53 Å². The molecule has 2 aliphatic heterocycles. The van der Waals surface area contributed by atoms with Gasteiger partial charge in [-0.1, -0.05) is 45.7 Å². The van der Waals surface area contributed by atoms with Gasteiger partial charge in [-0.3, -0.25) is 9.69 Å². The second-order valence-electron chi connectivity index (χ2n) is 6.31. The Bertz CT molecular complexity index is 808. The number of anilines is 1. The standard InChI is InChI=1S/C19H18BrClN2O2/c20-12-5-6-16-14(11-12)17(13-3-1-2-4-15(13)21)18(19(24)22-16)23-7-9-25-10-8-23/h1-6,11,17-18H,7-10H2,(H,22,24)/t17-,18-/m0/s1. The number of nitrogens with one attached hydrogen (secondary N) is 1. The highest BCUT2D eigenvalue weighted by atomic mass is 79.9. The number of amides is 1. The molecular formula is C19H18BrClN2O2. The fraction of sp³-hybridized carbons (Fsp3) is 0.316. The van der Waals surface area contributed by atoms with Gasteiger partial charge in [-0.15, -0.1) is 0 Å². The molecule has 0 bridgehead atoms. The molecule has 25 heavy (non-hydrogen) atoms. The van der Waals surface area contributed by atoms with E-state index in [-0.39, 0.29) is 17.9 Å². The molecule has 1 N–H and O–H groups in total. The molecule has 2 aromatic carbocycles. The zero-order valence-corrected chi connectivity index (χ0v) is 15.9. The van der Waals surface area contributed by atoms with Gasteiger partial charge in [0, 0.05) is 34.2 Å². The van der Waals surface area contributed by atoms with Gasteiger partial charge in [0.05, 0.1) is 13.2 Å². The summed E-state index contributed by atoms with van der Waals surface area (Å²) in [4.78, 5) is 15.2. The Balaban J connectivity index is 1.87. The van der Waals surface area contributed by atoms with Crippen LogP contribution in [0.2, 0.25) is 5.02 Å². The number of rotatable bonds is 2. The highest BCUT2D eigenvalue weighted by Gasteiger charge is 2.41. The Labute approximate surface area is 160 Å². The molecule has 0 spiro atoms. The van der Waals surface area contributed by atoms with E-state index in [0.717, 1.165) is 34.4 Å². The van der Waals surface area contributed by atoms with Crippen LogP contribution in [0.1, 0.15) is 17.0 Å². The van der Waals surface area contributed by atoms with Gasteiger partial charge in [0.2, 0.25) is 5.91 Å².